The van der Waals surface area contributed by atoms with E-state index in [0.29, 0.717) is 35.0 Å². The van der Waals surface area contributed by atoms with Gasteiger partial charge in [-0.1, -0.05) is 17.3 Å². The van der Waals surface area contributed by atoms with Crippen LogP contribution in [0.1, 0.15) is 21.7 Å². The molecule has 2 heterocycles. The van der Waals surface area contributed by atoms with Crippen molar-refractivity contribution in [1.29, 1.82) is 0 Å². The standard InChI is InChI=1S/C20H16F4N4O3/c1-27(11-12-5-6-15-16(9-12)31-8-7-30-15)19(29)17-18(20(22,23)24)28(26-25-17)14-4-2-3-13(21)10-14/h2-6,9-10H,7-8,11H2,1H3. The van der Waals surface area contributed by atoms with E-state index in [1.54, 1.807) is 18.2 Å². The molecule has 0 unspecified atom stereocenters. The minimum atomic E-state index is -4.95. The second-order valence-electron chi connectivity index (χ2n) is 6.82. The van der Waals surface area contributed by atoms with Crippen LogP contribution < -0.4 is 9.47 Å². The molecule has 0 saturated heterocycles. The highest BCUT2D eigenvalue weighted by molar-refractivity contribution is 5.93. The molecule has 11 heteroatoms. The van der Waals surface area contributed by atoms with E-state index >= 15 is 0 Å². The number of rotatable bonds is 4. The molecule has 1 amide bonds. The maximum Gasteiger partial charge on any atom is 0.435 e. The van der Waals surface area contributed by atoms with Crippen molar-refractivity contribution >= 4 is 5.91 Å². The summed E-state index contributed by atoms with van der Waals surface area (Å²) in [5.41, 5.74) is -1.83. The Labute approximate surface area is 173 Å². The van der Waals surface area contributed by atoms with Gasteiger partial charge < -0.3 is 14.4 Å². The Hall–Kier alpha value is -3.63. The summed E-state index contributed by atoms with van der Waals surface area (Å²) in [5.74, 6) is -0.673. The number of alkyl halides is 3. The number of nitrogens with zero attached hydrogens (tertiary/aromatic N) is 4. The van der Waals surface area contributed by atoms with Gasteiger partial charge in [-0.15, -0.1) is 5.10 Å². The Kier molecular flexibility index (Phi) is 5.25. The fourth-order valence-electron chi connectivity index (χ4n) is 3.18. The number of aromatic nitrogens is 3. The van der Waals surface area contributed by atoms with Crippen LogP contribution in [0.4, 0.5) is 17.6 Å². The zero-order chi connectivity index (χ0) is 22.2. The molecule has 3 aromatic rings. The van der Waals surface area contributed by atoms with Crippen molar-refractivity contribution in [2.24, 2.45) is 0 Å². The molecule has 0 aliphatic carbocycles. The van der Waals surface area contributed by atoms with Crippen LogP contribution in [0.2, 0.25) is 0 Å². The van der Waals surface area contributed by atoms with Crippen molar-refractivity contribution in [3.8, 4) is 17.2 Å². The Morgan fingerprint density at radius 2 is 1.87 bits per heavy atom. The summed E-state index contributed by atoms with van der Waals surface area (Å²) >= 11 is 0. The summed E-state index contributed by atoms with van der Waals surface area (Å²) in [6.45, 7) is 0.800. The second kappa shape index (κ2) is 7.89. The highest BCUT2D eigenvalue weighted by Crippen LogP contribution is 2.34. The minimum Gasteiger partial charge on any atom is -0.486 e. The lowest BCUT2D eigenvalue weighted by Gasteiger charge is -2.21. The smallest absolute Gasteiger partial charge is 0.435 e. The summed E-state index contributed by atoms with van der Waals surface area (Å²) in [6, 6.07) is 9.45. The minimum absolute atomic E-state index is 0.000401. The van der Waals surface area contributed by atoms with E-state index in [1.807, 2.05) is 0 Å². The number of halogens is 4. The first-order valence-corrected chi connectivity index (χ1v) is 9.17. The van der Waals surface area contributed by atoms with Gasteiger partial charge in [0.1, 0.15) is 19.0 Å². The SMILES string of the molecule is CN(Cc1ccc2c(c1)OCCO2)C(=O)c1nnn(-c2cccc(F)c2)c1C(F)(F)F. The lowest BCUT2D eigenvalue weighted by atomic mass is 10.1. The molecule has 1 aromatic heterocycles. The van der Waals surface area contributed by atoms with Crippen LogP contribution >= 0.6 is 0 Å². The molecule has 1 aliphatic rings. The molecule has 0 atom stereocenters. The third-order valence-corrected chi connectivity index (χ3v) is 4.57. The molecule has 1 aliphatic heterocycles. The van der Waals surface area contributed by atoms with Gasteiger partial charge >= 0.3 is 6.18 Å². The van der Waals surface area contributed by atoms with E-state index in [4.69, 9.17) is 9.47 Å². The largest absolute Gasteiger partial charge is 0.486 e. The van der Waals surface area contributed by atoms with Gasteiger partial charge in [0.2, 0.25) is 0 Å². The Balaban J connectivity index is 1.63. The third kappa shape index (κ3) is 4.16. The molecule has 0 radical (unpaired) electrons. The number of hydrogen-bond donors (Lipinski definition) is 0. The normalized spacial score (nSPS) is 13.2. The van der Waals surface area contributed by atoms with E-state index in [1.165, 1.54) is 19.2 Å². The number of carbonyl (C=O) groups is 1. The zero-order valence-corrected chi connectivity index (χ0v) is 16.2. The van der Waals surface area contributed by atoms with Crippen molar-refractivity contribution < 1.29 is 31.8 Å². The number of fused-ring (bicyclic) bond motifs is 1. The van der Waals surface area contributed by atoms with E-state index in [0.717, 1.165) is 17.0 Å². The Morgan fingerprint density at radius 1 is 1.13 bits per heavy atom. The van der Waals surface area contributed by atoms with E-state index in [2.05, 4.69) is 10.3 Å². The third-order valence-electron chi connectivity index (χ3n) is 4.57. The van der Waals surface area contributed by atoms with Gasteiger partial charge in [-0.25, -0.2) is 9.07 Å². The molecule has 0 bridgehead atoms. The molecule has 0 N–H and O–H groups in total. The molecule has 0 saturated carbocycles. The molecule has 2 aromatic carbocycles. The van der Waals surface area contributed by atoms with Crippen LogP contribution in [0.3, 0.4) is 0 Å². The molecule has 7 nitrogen and oxygen atoms in total. The predicted molar refractivity (Wildman–Crippen MR) is 99.5 cm³/mol. The predicted octanol–water partition coefficient (Wildman–Crippen LogP) is 3.47. The summed E-state index contributed by atoms with van der Waals surface area (Å²) in [6.07, 6.45) is -4.95. The van der Waals surface area contributed by atoms with E-state index in [-0.39, 0.29) is 12.2 Å². The highest BCUT2D eigenvalue weighted by Gasteiger charge is 2.42. The van der Waals surface area contributed by atoms with Crippen molar-refractivity contribution in [3.05, 3.63) is 65.2 Å². The number of benzene rings is 2. The first-order valence-electron chi connectivity index (χ1n) is 9.17. The lowest BCUT2D eigenvalue weighted by Crippen LogP contribution is -2.29. The monoisotopic (exact) mass is 436 g/mol. The number of amides is 1. The van der Waals surface area contributed by atoms with Gasteiger partial charge in [0.15, 0.2) is 22.9 Å². The summed E-state index contributed by atoms with van der Waals surface area (Å²) < 4.78 is 66.1. The number of ether oxygens (including phenoxy) is 2. The number of carbonyl (C=O) groups excluding carboxylic acids is 1. The zero-order valence-electron chi connectivity index (χ0n) is 16.2. The average Bonchev–Trinajstić information content (AvgIpc) is 3.19. The van der Waals surface area contributed by atoms with Gasteiger partial charge in [-0.05, 0) is 35.9 Å². The van der Waals surface area contributed by atoms with Gasteiger partial charge in [0, 0.05) is 13.6 Å². The second-order valence-corrected chi connectivity index (χ2v) is 6.82. The van der Waals surface area contributed by atoms with Crippen molar-refractivity contribution in [2.45, 2.75) is 12.7 Å². The maximum absolute atomic E-state index is 13.8. The van der Waals surface area contributed by atoms with Gasteiger partial charge in [0.25, 0.3) is 5.91 Å². The van der Waals surface area contributed by atoms with Crippen LogP contribution in [0, 0.1) is 5.82 Å². The first-order chi connectivity index (χ1) is 14.7. The molecular formula is C20H16F4N4O3. The van der Waals surface area contributed by atoms with Crippen LogP contribution in [0.25, 0.3) is 5.69 Å². The van der Waals surface area contributed by atoms with Crippen molar-refractivity contribution in [3.63, 3.8) is 0 Å². The maximum atomic E-state index is 13.8. The molecule has 0 spiro atoms. The molecule has 162 valence electrons. The molecular weight excluding hydrogens is 420 g/mol. The average molecular weight is 436 g/mol. The van der Waals surface area contributed by atoms with Crippen LogP contribution in [-0.2, 0) is 12.7 Å². The molecule has 4 rings (SSSR count). The fourth-order valence-corrected chi connectivity index (χ4v) is 3.18. The molecule has 31 heavy (non-hydrogen) atoms. The van der Waals surface area contributed by atoms with Crippen molar-refractivity contribution in [2.75, 3.05) is 20.3 Å². The van der Waals surface area contributed by atoms with Crippen LogP contribution in [0.5, 0.6) is 11.5 Å². The van der Waals surface area contributed by atoms with Gasteiger partial charge in [-0.3, -0.25) is 4.79 Å². The Morgan fingerprint density at radius 3 is 2.58 bits per heavy atom. The molecule has 0 fully saturated rings. The summed E-state index contributed by atoms with van der Waals surface area (Å²) in [4.78, 5) is 13.9. The van der Waals surface area contributed by atoms with Crippen LogP contribution in [0.15, 0.2) is 42.5 Å². The van der Waals surface area contributed by atoms with Gasteiger partial charge in [0.05, 0.1) is 5.69 Å². The quantitative estimate of drug-likeness (QED) is 0.586. The first kappa shape index (κ1) is 20.6. The van der Waals surface area contributed by atoms with Gasteiger partial charge in [-0.2, -0.15) is 13.2 Å². The van der Waals surface area contributed by atoms with Crippen LogP contribution in [-0.4, -0.2) is 46.1 Å². The highest BCUT2D eigenvalue weighted by atomic mass is 19.4. The van der Waals surface area contributed by atoms with E-state index in [9.17, 15) is 22.4 Å². The Bertz CT molecular complexity index is 1130. The topological polar surface area (TPSA) is 69.5 Å². The summed E-state index contributed by atoms with van der Waals surface area (Å²) in [5, 5.41) is 6.91. The van der Waals surface area contributed by atoms with E-state index < -0.39 is 29.3 Å². The fraction of sp³-hybridized carbons (Fsp3) is 0.250. The lowest BCUT2D eigenvalue weighted by molar-refractivity contribution is -0.143. The summed E-state index contributed by atoms with van der Waals surface area (Å²) in [7, 11) is 1.35. The van der Waals surface area contributed by atoms with Crippen molar-refractivity contribution in [1.82, 2.24) is 19.9 Å². The number of hydrogen-bond acceptors (Lipinski definition) is 5.